The lowest BCUT2D eigenvalue weighted by molar-refractivity contribution is -0.140. The van der Waals surface area contributed by atoms with E-state index in [9.17, 15) is 19.8 Å². The first-order valence-corrected chi connectivity index (χ1v) is 17.1. The van der Waals surface area contributed by atoms with E-state index in [4.69, 9.17) is 14.5 Å². The molecule has 2 aliphatic carbocycles. The third kappa shape index (κ3) is 10.1. The molecule has 0 bridgehead atoms. The summed E-state index contributed by atoms with van der Waals surface area (Å²) in [6.45, 7) is 13.5. The highest BCUT2D eigenvalue weighted by molar-refractivity contribution is 5.91. The number of esters is 1. The van der Waals surface area contributed by atoms with Gasteiger partial charge in [-0.1, -0.05) is 51.5 Å². The number of ether oxygens (including phenoxy) is 2. The second-order valence-electron chi connectivity index (χ2n) is 13.8. The van der Waals surface area contributed by atoms with Crippen LogP contribution in [0.25, 0.3) is 0 Å². The van der Waals surface area contributed by atoms with Crippen molar-refractivity contribution in [2.24, 2.45) is 27.7 Å². The monoisotopic (exact) mass is 622 g/mol. The average Bonchev–Trinajstić information content (AvgIpc) is 3.60. The molecule has 2 fully saturated rings. The highest BCUT2D eigenvalue weighted by Gasteiger charge is 2.61. The third-order valence-corrected chi connectivity index (χ3v) is 10.2. The lowest BCUT2D eigenvalue weighted by Crippen LogP contribution is -2.28. The van der Waals surface area contributed by atoms with E-state index in [1.807, 2.05) is 19.4 Å². The number of hydrogen-bond donors (Lipinski definition) is 2. The molecule has 2 heterocycles. The van der Waals surface area contributed by atoms with Gasteiger partial charge in [0.15, 0.2) is 0 Å². The topological polar surface area (TPSA) is 121 Å². The van der Waals surface area contributed by atoms with Crippen LogP contribution in [0.5, 0.6) is 0 Å². The predicted octanol–water partition coefficient (Wildman–Crippen LogP) is 6.98. The Bertz CT molecular complexity index is 1200. The summed E-state index contributed by atoms with van der Waals surface area (Å²) in [7, 11) is 0. The minimum atomic E-state index is -0.980. The molecule has 2 N–H and O–H groups in total. The van der Waals surface area contributed by atoms with Crippen molar-refractivity contribution >= 4 is 24.4 Å². The van der Waals surface area contributed by atoms with E-state index < -0.39 is 12.1 Å². The first-order chi connectivity index (χ1) is 21.6. The van der Waals surface area contributed by atoms with Gasteiger partial charge in [0.05, 0.1) is 11.7 Å². The summed E-state index contributed by atoms with van der Waals surface area (Å²) in [6.07, 6.45) is 20.5. The van der Waals surface area contributed by atoms with Gasteiger partial charge in [-0.3, -0.25) is 9.98 Å². The van der Waals surface area contributed by atoms with Gasteiger partial charge in [0.2, 0.25) is 0 Å². The molecular weight excluding hydrogens is 568 g/mol. The van der Waals surface area contributed by atoms with Crippen LogP contribution in [0, 0.1) is 17.8 Å². The number of nitrogens with zero attached hydrogens (tertiary/aromatic N) is 2. The summed E-state index contributed by atoms with van der Waals surface area (Å²) < 4.78 is 11.6. The van der Waals surface area contributed by atoms with E-state index in [1.54, 1.807) is 0 Å². The quantitative estimate of drug-likeness (QED) is 0.0797. The van der Waals surface area contributed by atoms with Crippen molar-refractivity contribution < 1.29 is 29.3 Å². The number of epoxide rings is 1. The Morgan fingerprint density at radius 2 is 1.64 bits per heavy atom. The Balaban J connectivity index is 1.12. The van der Waals surface area contributed by atoms with E-state index in [2.05, 4.69) is 37.2 Å². The fourth-order valence-electron chi connectivity index (χ4n) is 6.92. The molecule has 0 aromatic rings. The average molecular weight is 623 g/mol. The minimum absolute atomic E-state index is 0.0132. The Labute approximate surface area is 269 Å². The zero-order valence-corrected chi connectivity index (χ0v) is 27.4. The number of fused-ring (bicyclic) bond motifs is 3. The Morgan fingerprint density at radius 1 is 1.02 bits per heavy atom. The highest BCUT2D eigenvalue weighted by Crippen LogP contribution is 2.49. The lowest BCUT2D eigenvalue weighted by atomic mass is 9.83. The zero-order valence-electron chi connectivity index (χ0n) is 27.4. The molecule has 0 amide bonds. The van der Waals surface area contributed by atoms with Crippen LogP contribution >= 0.6 is 0 Å². The summed E-state index contributed by atoms with van der Waals surface area (Å²) in [4.78, 5) is 33.1. The number of aliphatic hydroxyl groups is 1. The second kappa shape index (κ2) is 16.6. The van der Waals surface area contributed by atoms with E-state index >= 15 is 0 Å². The Hall–Kier alpha value is -2.84. The number of carbonyl (C=O) groups excluding carboxylic acids is 1. The van der Waals surface area contributed by atoms with Crippen LogP contribution in [0.1, 0.15) is 104 Å². The maximum atomic E-state index is 12.2. The first-order valence-electron chi connectivity index (χ1n) is 17.1. The Morgan fingerprint density at radius 3 is 2.31 bits per heavy atom. The van der Waals surface area contributed by atoms with Crippen molar-refractivity contribution in [2.45, 2.75) is 128 Å². The van der Waals surface area contributed by atoms with E-state index in [-0.39, 0.29) is 47.1 Å². The van der Waals surface area contributed by atoms with Crippen molar-refractivity contribution in [2.75, 3.05) is 13.1 Å². The zero-order chi connectivity index (χ0) is 32.4. The third-order valence-electron chi connectivity index (χ3n) is 10.2. The van der Waals surface area contributed by atoms with Crippen LogP contribution in [0.3, 0.4) is 0 Å². The minimum Gasteiger partial charge on any atom is -0.478 e. The molecule has 7 atom stereocenters. The van der Waals surface area contributed by atoms with Gasteiger partial charge in [0.1, 0.15) is 12.2 Å². The summed E-state index contributed by atoms with van der Waals surface area (Å²) in [5.74, 6) is -1.35. The van der Waals surface area contributed by atoms with E-state index in [0.717, 1.165) is 95.7 Å². The van der Waals surface area contributed by atoms with Crippen LogP contribution in [-0.4, -0.2) is 71.6 Å². The molecular formula is C37H54N2O6. The number of aliphatic carboxylic acids is 1. The SMILES string of the molecule is C=C(C(=O)O)C1CC/C(C=NCCCCCCCN=C/C2=C/CC[C@@]3(C)OC3[C@H]3OC(=O)C(=C)C3CC2)=C\CCC(C)C(O)C1. The number of rotatable bonds is 12. The number of carboxylic acids is 1. The summed E-state index contributed by atoms with van der Waals surface area (Å²) in [5, 5.41) is 19.9. The molecule has 248 valence electrons. The van der Waals surface area contributed by atoms with Crippen LogP contribution in [0.4, 0.5) is 0 Å². The van der Waals surface area contributed by atoms with Gasteiger partial charge >= 0.3 is 11.9 Å². The number of allylic oxidation sites excluding steroid dienone is 4. The molecule has 8 heteroatoms. The van der Waals surface area contributed by atoms with Gasteiger partial charge in [-0.2, -0.15) is 0 Å². The fraction of sp³-hybridized carbons (Fsp3) is 0.676. The number of aliphatic hydroxyl groups excluding tert-OH is 1. The molecule has 0 radical (unpaired) electrons. The van der Waals surface area contributed by atoms with Crippen LogP contribution in [0.15, 0.2) is 57.6 Å². The number of hydrogen-bond acceptors (Lipinski definition) is 7. The highest BCUT2D eigenvalue weighted by atomic mass is 16.6. The van der Waals surface area contributed by atoms with Gasteiger partial charge in [0.25, 0.3) is 0 Å². The molecule has 8 nitrogen and oxygen atoms in total. The molecule has 5 unspecified atom stereocenters. The molecule has 0 aromatic heterocycles. The summed E-state index contributed by atoms with van der Waals surface area (Å²) >= 11 is 0. The van der Waals surface area contributed by atoms with Gasteiger partial charge in [0, 0.05) is 42.6 Å². The molecule has 0 saturated carbocycles. The largest absolute Gasteiger partial charge is 0.478 e. The molecule has 4 rings (SSSR count). The second-order valence-corrected chi connectivity index (χ2v) is 13.8. The van der Waals surface area contributed by atoms with Crippen LogP contribution in [-0.2, 0) is 19.1 Å². The Kier molecular flexibility index (Phi) is 13.0. The lowest BCUT2D eigenvalue weighted by Gasteiger charge is -2.25. The van der Waals surface area contributed by atoms with Crippen molar-refractivity contribution in [1.82, 2.24) is 0 Å². The number of carbonyl (C=O) groups is 2. The van der Waals surface area contributed by atoms with Crippen molar-refractivity contribution in [3.8, 4) is 0 Å². The molecule has 2 aliphatic heterocycles. The molecule has 4 aliphatic rings. The molecule has 2 saturated heterocycles. The predicted molar refractivity (Wildman–Crippen MR) is 179 cm³/mol. The first kappa shape index (κ1) is 35.0. The van der Waals surface area contributed by atoms with Gasteiger partial charge in [-0.15, -0.1) is 0 Å². The maximum absolute atomic E-state index is 12.2. The van der Waals surface area contributed by atoms with Gasteiger partial charge < -0.3 is 19.7 Å². The number of unbranched alkanes of at least 4 members (excludes halogenated alkanes) is 4. The van der Waals surface area contributed by atoms with Crippen molar-refractivity contribution in [3.05, 3.63) is 47.6 Å². The molecule has 0 aromatic carbocycles. The van der Waals surface area contributed by atoms with Gasteiger partial charge in [-0.05, 0) is 101 Å². The van der Waals surface area contributed by atoms with E-state index in [0.29, 0.717) is 18.4 Å². The van der Waals surface area contributed by atoms with Crippen LogP contribution in [0.2, 0.25) is 0 Å². The number of aliphatic imine (C=N–C) groups is 2. The number of carboxylic acid groups (broad SMARTS) is 1. The summed E-state index contributed by atoms with van der Waals surface area (Å²) in [6, 6.07) is 0. The standard InChI is InChI=1S/C37H54N2O6/c1-25-12-10-13-28(15-17-30(22-32(25)40)26(2)35(41)42)23-38-20-8-6-5-7-9-21-39-24-29-14-11-19-37(4)34(45-37)33-31(18-16-29)27(3)36(43)44-33/h13-14,23-25,30-34,40H,2-3,5-12,15-22H2,1,4H3,(H,41,42)/b28-13+,29-14+,38-23?,39-24?/t25?,30?,31?,32?,33-,34?,37+/m0/s1. The fourth-order valence-corrected chi connectivity index (χ4v) is 6.92. The van der Waals surface area contributed by atoms with Gasteiger partial charge in [-0.25, -0.2) is 9.59 Å². The summed E-state index contributed by atoms with van der Waals surface area (Å²) in [5.41, 5.74) is 2.93. The molecule has 45 heavy (non-hydrogen) atoms. The normalized spacial score (nSPS) is 35.1. The molecule has 0 spiro atoms. The van der Waals surface area contributed by atoms with Crippen molar-refractivity contribution in [1.29, 1.82) is 0 Å². The maximum Gasteiger partial charge on any atom is 0.334 e. The smallest absolute Gasteiger partial charge is 0.334 e. The van der Waals surface area contributed by atoms with E-state index in [1.165, 1.54) is 5.57 Å². The van der Waals surface area contributed by atoms with Crippen molar-refractivity contribution in [3.63, 3.8) is 0 Å². The van der Waals surface area contributed by atoms with Crippen LogP contribution < -0.4 is 0 Å².